The van der Waals surface area contributed by atoms with Crippen LogP contribution in [-0.4, -0.2) is 15.5 Å². The lowest BCUT2D eigenvalue weighted by molar-refractivity contribution is 0.402. The van der Waals surface area contributed by atoms with Crippen molar-refractivity contribution in [2.45, 2.75) is 11.8 Å². The van der Waals surface area contributed by atoms with Gasteiger partial charge in [-0.05, 0) is 42.8 Å². The molecule has 0 saturated heterocycles. The van der Waals surface area contributed by atoms with E-state index in [2.05, 4.69) is 4.72 Å². The largest absolute Gasteiger partial charge is 0.495 e. The molecule has 0 atom stereocenters. The zero-order chi connectivity index (χ0) is 15.6. The van der Waals surface area contributed by atoms with Crippen molar-refractivity contribution in [3.05, 3.63) is 47.0 Å². The molecule has 5 nitrogen and oxygen atoms in total. The van der Waals surface area contributed by atoms with Gasteiger partial charge in [0.2, 0.25) is 0 Å². The van der Waals surface area contributed by atoms with Gasteiger partial charge in [-0.1, -0.05) is 17.7 Å². The Hall–Kier alpha value is -1.92. The van der Waals surface area contributed by atoms with E-state index in [0.717, 1.165) is 5.56 Å². The van der Waals surface area contributed by atoms with Gasteiger partial charge in [-0.3, -0.25) is 4.72 Å². The van der Waals surface area contributed by atoms with Crippen molar-refractivity contribution in [2.75, 3.05) is 17.6 Å². The summed E-state index contributed by atoms with van der Waals surface area (Å²) in [4.78, 5) is 0.0675. The van der Waals surface area contributed by atoms with Gasteiger partial charge in [-0.15, -0.1) is 0 Å². The average Bonchev–Trinajstić information content (AvgIpc) is 2.42. The van der Waals surface area contributed by atoms with Gasteiger partial charge >= 0.3 is 0 Å². The maximum absolute atomic E-state index is 12.5. The van der Waals surface area contributed by atoms with E-state index in [1.165, 1.54) is 19.2 Å². The molecule has 2 rings (SSSR count). The summed E-state index contributed by atoms with van der Waals surface area (Å²) in [6.07, 6.45) is 0. The zero-order valence-corrected chi connectivity index (χ0v) is 13.1. The van der Waals surface area contributed by atoms with E-state index in [4.69, 9.17) is 22.1 Å². The van der Waals surface area contributed by atoms with Crippen molar-refractivity contribution in [3.8, 4) is 5.75 Å². The third-order valence-corrected chi connectivity index (χ3v) is 4.59. The predicted molar refractivity (Wildman–Crippen MR) is 84.4 cm³/mol. The zero-order valence-electron chi connectivity index (χ0n) is 11.6. The van der Waals surface area contributed by atoms with Crippen molar-refractivity contribution in [1.82, 2.24) is 0 Å². The number of methoxy groups -OCH3 is 1. The molecule has 2 aromatic carbocycles. The number of rotatable bonds is 4. The first kappa shape index (κ1) is 15.5. The highest BCUT2D eigenvalue weighted by Crippen LogP contribution is 2.28. The first-order valence-corrected chi connectivity index (χ1v) is 7.92. The topological polar surface area (TPSA) is 81.4 Å². The molecule has 0 fully saturated rings. The lowest BCUT2D eigenvalue weighted by Crippen LogP contribution is -2.14. The first-order valence-electron chi connectivity index (χ1n) is 6.06. The minimum atomic E-state index is -3.78. The molecule has 0 aromatic heterocycles. The van der Waals surface area contributed by atoms with Crippen LogP contribution in [0.4, 0.5) is 11.4 Å². The Kier molecular flexibility index (Phi) is 4.29. The molecular weight excluding hydrogens is 312 g/mol. The molecule has 0 unspecified atom stereocenters. The van der Waals surface area contributed by atoms with Crippen LogP contribution in [0.5, 0.6) is 5.75 Å². The number of ether oxygens (including phenoxy) is 1. The minimum absolute atomic E-state index is 0.0675. The second kappa shape index (κ2) is 5.83. The number of anilines is 2. The summed E-state index contributed by atoms with van der Waals surface area (Å²) in [7, 11) is -2.36. The second-order valence-electron chi connectivity index (χ2n) is 4.50. The Morgan fingerprint density at radius 2 is 1.90 bits per heavy atom. The minimum Gasteiger partial charge on any atom is -0.495 e. The Morgan fingerprint density at radius 1 is 1.19 bits per heavy atom. The number of aryl methyl sites for hydroxylation is 1. The highest BCUT2D eigenvalue weighted by molar-refractivity contribution is 7.92. The van der Waals surface area contributed by atoms with E-state index < -0.39 is 10.0 Å². The van der Waals surface area contributed by atoms with E-state index in [1.54, 1.807) is 31.2 Å². The highest BCUT2D eigenvalue weighted by atomic mass is 35.5. The maximum atomic E-state index is 12.5. The SMILES string of the molecule is COc1ccc(C)cc1S(=O)(=O)Nc1ccc(N)c(Cl)c1. The summed E-state index contributed by atoms with van der Waals surface area (Å²) >= 11 is 5.89. The summed E-state index contributed by atoms with van der Waals surface area (Å²) in [5, 5.41) is 0.284. The van der Waals surface area contributed by atoms with Gasteiger partial charge in [0.1, 0.15) is 10.6 Å². The summed E-state index contributed by atoms with van der Waals surface area (Å²) < 4.78 is 32.5. The summed E-state index contributed by atoms with van der Waals surface area (Å²) in [5.41, 5.74) is 7.12. The van der Waals surface area contributed by atoms with Crippen molar-refractivity contribution in [3.63, 3.8) is 0 Å². The van der Waals surface area contributed by atoms with Crippen molar-refractivity contribution >= 4 is 33.0 Å². The van der Waals surface area contributed by atoms with Gasteiger partial charge in [0.25, 0.3) is 10.0 Å². The van der Waals surface area contributed by atoms with Crippen molar-refractivity contribution in [2.24, 2.45) is 0 Å². The van der Waals surface area contributed by atoms with E-state index in [-0.39, 0.29) is 15.7 Å². The average molecular weight is 327 g/mol. The second-order valence-corrected chi connectivity index (χ2v) is 6.55. The Morgan fingerprint density at radius 3 is 2.52 bits per heavy atom. The molecule has 7 heteroatoms. The number of benzene rings is 2. The van der Waals surface area contributed by atoms with Gasteiger partial charge in [0.15, 0.2) is 0 Å². The number of nitrogen functional groups attached to an aromatic ring is 1. The van der Waals surface area contributed by atoms with Crippen LogP contribution < -0.4 is 15.2 Å². The van der Waals surface area contributed by atoms with Gasteiger partial charge in [-0.2, -0.15) is 0 Å². The Bertz CT molecular complexity index is 776. The molecule has 0 aliphatic carbocycles. The lowest BCUT2D eigenvalue weighted by Gasteiger charge is -2.12. The Labute approximate surface area is 128 Å². The third kappa shape index (κ3) is 3.40. The molecule has 0 saturated carbocycles. The van der Waals surface area contributed by atoms with E-state index in [1.807, 2.05) is 0 Å². The molecule has 0 spiro atoms. The molecule has 0 amide bonds. The van der Waals surface area contributed by atoms with Gasteiger partial charge in [-0.25, -0.2) is 8.42 Å². The monoisotopic (exact) mass is 326 g/mol. The number of hydrogen-bond acceptors (Lipinski definition) is 4. The van der Waals surface area contributed by atoms with Crippen LogP contribution in [0.1, 0.15) is 5.56 Å². The van der Waals surface area contributed by atoms with Crippen LogP contribution in [0.15, 0.2) is 41.3 Å². The standard InChI is InChI=1S/C14H15ClN2O3S/c1-9-3-6-13(20-2)14(7-9)21(18,19)17-10-4-5-12(16)11(15)8-10/h3-8,17H,16H2,1-2H3. The van der Waals surface area contributed by atoms with Crippen LogP contribution in [0.3, 0.4) is 0 Å². The molecule has 0 radical (unpaired) electrons. The Balaban J connectivity index is 2.42. The van der Waals surface area contributed by atoms with E-state index in [9.17, 15) is 8.42 Å². The molecule has 0 aliphatic rings. The fourth-order valence-corrected chi connectivity index (χ4v) is 3.28. The van der Waals surface area contributed by atoms with Crippen molar-refractivity contribution in [1.29, 1.82) is 0 Å². The molecule has 3 N–H and O–H groups in total. The highest BCUT2D eigenvalue weighted by Gasteiger charge is 2.20. The van der Waals surface area contributed by atoms with Crippen LogP contribution >= 0.6 is 11.6 Å². The van der Waals surface area contributed by atoms with Gasteiger partial charge in [0, 0.05) is 0 Å². The quantitative estimate of drug-likeness (QED) is 0.846. The fourth-order valence-electron chi connectivity index (χ4n) is 1.79. The molecule has 21 heavy (non-hydrogen) atoms. The molecule has 2 aromatic rings. The normalized spacial score (nSPS) is 11.2. The first-order chi connectivity index (χ1) is 9.83. The van der Waals surface area contributed by atoms with Crippen LogP contribution in [0.2, 0.25) is 5.02 Å². The predicted octanol–water partition coefficient (Wildman–Crippen LogP) is 3.04. The van der Waals surface area contributed by atoms with Gasteiger partial charge in [0.05, 0.1) is 23.5 Å². The number of halogens is 1. The molecule has 112 valence electrons. The molecule has 0 bridgehead atoms. The summed E-state index contributed by atoms with van der Waals surface area (Å²) in [5.74, 6) is 0.273. The lowest BCUT2D eigenvalue weighted by atomic mass is 10.2. The molecular formula is C14H15ClN2O3S. The third-order valence-electron chi connectivity index (χ3n) is 2.86. The van der Waals surface area contributed by atoms with Crippen molar-refractivity contribution < 1.29 is 13.2 Å². The molecule has 0 aliphatic heterocycles. The van der Waals surface area contributed by atoms with Crippen LogP contribution in [0.25, 0.3) is 0 Å². The number of nitrogens with two attached hydrogens (primary N) is 1. The molecule has 0 heterocycles. The van der Waals surface area contributed by atoms with E-state index >= 15 is 0 Å². The smallest absolute Gasteiger partial charge is 0.265 e. The van der Waals surface area contributed by atoms with E-state index in [0.29, 0.717) is 11.4 Å². The fraction of sp³-hybridized carbons (Fsp3) is 0.143. The number of sulfonamides is 1. The maximum Gasteiger partial charge on any atom is 0.265 e. The van der Waals surface area contributed by atoms with Crippen LogP contribution in [0, 0.1) is 6.92 Å². The summed E-state index contributed by atoms with van der Waals surface area (Å²) in [6, 6.07) is 9.46. The number of nitrogens with one attached hydrogen (secondary N) is 1. The van der Waals surface area contributed by atoms with Crippen LogP contribution in [-0.2, 0) is 10.0 Å². The number of hydrogen-bond donors (Lipinski definition) is 2. The van der Waals surface area contributed by atoms with Gasteiger partial charge < -0.3 is 10.5 Å². The summed E-state index contributed by atoms with van der Waals surface area (Å²) in [6.45, 7) is 1.80.